The molecule has 0 fully saturated rings. The van der Waals surface area contributed by atoms with Crippen LogP contribution >= 0.6 is 11.8 Å². The van der Waals surface area contributed by atoms with Crippen LogP contribution in [-0.4, -0.2) is 12.0 Å². The molecule has 1 aromatic carbocycles. The second-order valence-corrected chi connectivity index (χ2v) is 6.60. The molecule has 0 aliphatic rings. The molecule has 0 saturated carbocycles. The van der Waals surface area contributed by atoms with Gasteiger partial charge in [0, 0.05) is 5.75 Å². The first-order valence-electron chi connectivity index (χ1n) is 8.07. The van der Waals surface area contributed by atoms with Crippen LogP contribution in [0.25, 0.3) is 5.57 Å². The summed E-state index contributed by atoms with van der Waals surface area (Å²) in [7, 11) is 0. The van der Waals surface area contributed by atoms with Gasteiger partial charge in [0.1, 0.15) is 0 Å². The van der Waals surface area contributed by atoms with E-state index in [0.717, 1.165) is 11.7 Å². The average Bonchev–Trinajstić information content (AvgIpc) is 2.47. The Morgan fingerprint density at radius 1 is 1.33 bits per heavy atom. The Morgan fingerprint density at radius 3 is 2.67 bits per heavy atom. The number of aryl methyl sites for hydroxylation is 1. The molecule has 0 aromatic heterocycles. The highest BCUT2D eigenvalue weighted by atomic mass is 32.2. The van der Waals surface area contributed by atoms with Gasteiger partial charge in [-0.15, -0.1) is 0 Å². The Bertz CT molecular complexity index is 471. The van der Waals surface area contributed by atoms with Gasteiger partial charge in [0.2, 0.25) is 0 Å². The molecule has 1 unspecified atom stereocenters. The third-order valence-corrected chi connectivity index (χ3v) is 4.68. The van der Waals surface area contributed by atoms with Crippen molar-refractivity contribution in [3.8, 4) is 0 Å². The highest BCUT2D eigenvalue weighted by molar-refractivity contribution is 7.99. The van der Waals surface area contributed by atoms with Gasteiger partial charge in [-0.1, -0.05) is 70.0 Å². The zero-order valence-corrected chi connectivity index (χ0v) is 14.9. The Kier molecular flexibility index (Phi) is 8.52. The van der Waals surface area contributed by atoms with Crippen molar-refractivity contribution in [1.82, 2.24) is 0 Å². The molecule has 21 heavy (non-hydrogen) atoms. The molecule has 0 saturated heterocycles. The maximum atomic E-state index is 3.89. The SMILES string of the molecule is C=C/C=C(\CSC)c1c(C)cccc1CC(CC)CCC. The highest BCUT2D eigenvalue weighted by Gasteiger charge is 2.14. The largest absolute Gasteiger partial charge is 0.161 e. The molecule has 116 valence electrons. The van der Waals surface area contributed by atoms with Crippen LogP contribution in [0.3, 0.4) is 0 Å². The number of hydrogen-bond acceptors (Lipinski definition) is 1. The molecule has 0 spiro atoms. The Hall–Kier alpha value is -0.950. The van der Waals surface area contributed by atoms with Gasteiger partial charge in [-0.2, -0.15) is 11.8 Å². The van der Waals surface area contributed by atoms with Gasteiger partial charge in [-0.3, -0.25) is 0 Å². The maximum absolute atomic E-state index is 3.89. The van der Waals surface area contributed by atoms with E-state index < -0.39 is 0 Å². The second-order valence-electron chi connectivity index (χ2n) is 5.74. The van der Waals surface area contributed by atoms with Gasteiger partial charge in [0.25, 0.3) is 0 Å². The van der Waals surface area contributed by atoms with E-state index in [1.807, 2.05) is 17.8 Å². The summed E-state index contributed by atoms with van der Waals surface area (Å²) in [5.74, 6) is 1.85. The monoisotopic (exact) mass is 302 g/mol. The van der Waals surface area contributed by atoms with Crippen molar-refractivity contribution in [2.24, 2.45) is 5.92 Å². The van der Waals surface area contributed by atoms with Crippen molar-refractivity contribution in [2.45, 2.75) is 46.5 Å². The van der Waals surface area contributed by atoms with Gasteiger partial charge < -0.3 is 0 Å². The van der Waals surface area contributed by atoms with E-state index in [-0.39, 0.29) is 0 Å². The zero-order valence-electron chi connectivity index (χ0n) is 14.1. The van der Waals surface area contributed by atoms with Crippen molar-refractivity contribution in [3.63, 3.8) is 0 Å². The molecule has 0 N–H and O–H groups in total. The summed E-state index contributed by atoms with van der Waals surface area (Å²) in [6.07, 6.45) is 11.3. The first-order valence-corrected chi connectivity index (χ1v) is 9.46. The number of allylic oxidation sites excluding steroid dienone is 2. The predicted octanol–water partition coefficient (Wildman–Crippen LogP) is 6.30. The summed E-state index contributed by atoms with van der Waals surface area (Å²) in [5.41, 5.74) is 5.77. The summed E-state index contributed by atoms with van der Waals surface area (Å²) in [4.78, 5) is 0. The zero-order chi connectivity index (χ0) is 15.7. The van der Waals surface area contributed by atoms with E-state index in [2.05, 4.69) is 57.9 Å². The minimum atomic E-state index is 0.801. The average molecular weight is 303 g/mol. The van der Waals surface area contributed by atoms with Crippen LogP contribution < -0.4 is 0 Å². The molecule has 1 rings (SSSR count). The van der Waals surface area contributed by atoms with Crippen LogP contribution in [0.15, 0.2) is 36.9 Å². The van der Waals surface area contributed by atoms with Crippen molar-refractivity contribution in [2.75, 3.05) is 12.0 Å². The quantitative estimate of drug-likeness (QED) is 0.483. The molecule has 0 amide bonds. The summed E-state index contributed by atoms with van der Waals surface area (Å²) in [5, 5.41) is 0. The molecule has 0 heterocycles. The lowest BCUT2D eigenvalue weighted by atomic mass is 9.87. The lowest BCUT2D eigenvalue weighted by molar-refractivity contribution is 0.462. The minimum absolute atomic E-state index is 0.801. The first kappa shape index (κ1) is 18.1. The van der Waals surface area contributed by atoms with Crippen LogP contribution in [0.4, 0.5) is 0 Å². The first-order chi connectivity index (χ1) is 10.2. The van der Waals surface area contributed by atoms with Crippen LogP contribution in [0.2, 0.25) is 0 Å². The summed E-state index contributed by atoms with van der Waals surface area (Å²) in [6.45, 7) is 10.7. The summed E-state index contributed by atoms with van der Waals surface area (Å²) in [6, 6.07) is 6.76. The van der Waals surface area contributed by atoms with Crippen molar-refractivity contribution in [1.29, 1.82) is 0 Å². The summed E-state index contributed by atoms with van der Waals surface area (Å²) >= 11 is 1.88. The van der Waals surface area contributed by atoms with Crippen LogP contribution in [0.1, 0.15) is 49.8 Å². The Morgan fingerprint density at radius 2 is 2.10 bits per heavy atom. The standard InChI is InChI=1S/C20H30S/c1-6-10-17(8-3)14-18-13-9-12-16(4)20(18)19(11-7-2)15-21-5/h7,9,11-13,17H,2,6,8,10,14-15H2,1,3-5H3/b19-11+. The smallest absolute Gasteiger partial charge is 0.0187 e. The number of hydrogen-bond donors (Lipinski definition) is 0. The minimum Gasteiger partial charge on any atom is -0.161 e. The third kappa shape index (κ3) is 5.39. The molecule has 0 aliphatic carbocycles. The lowest BCUT2D eigenvalue weighted by Gasteiger charge is -2.20. The molecule has 0 bridgehead atoms. The summed E-state index contributed by atoms with van der Waals surface area (Å²) < 4.78 is 0. The third-order valence-electron chi connectivity index (χ3n) is 4.08. The topological polar surface area (TPSA) is 0 Å². The van der Waals surface area contributed by atoms with Gasteiger partial charge in [-0.05, 0) is 47.8 Å². The van der Waals surface area contributed by atoms with E-state index in [4.69, 9.17) is 0 Å². The van der Waals surface area contributed by atoms with Crippen LogP contribution in [-0.2, 0) is 6.42 Å². The molecular weight excluding hydrogens is 272 g/mol. The maximum Gasteiger partial charge on any atom is 0.0187 e. The highest BCUT2D eigenvalue weighted by Crippen LogP contribution is 2.29. The fourth-order valence-corrected chi connectivity index (χ4v) is 3.58. The number of thioether (sulfide) groups is 1. The van der Waals surface area contributed by atoms with Gasteiger partial charge >= 0.3 is 0 Å². The second kappa shape index (κ2) is 9.89. The van der Waals surface area contributed by atoms with Crippen molar-refractivity contribution in [3.05, 3.63) is 53.6 Å². The van der Waals surface area contributed by atoms with Gasteiger partial charge in [0.15, 0.2) is 0 Å². The predicted molar refractivity (Wildman–Crippen MR) is 100 cm³/mol. The molecule has 1 atom stereocenters. The Labute approximate surface area is 135 Å². The van der Waals surface area contributed by atoms with Gasteiger partial charge in [0.05, 0.1) is 0 Å². The van der Waals surface area contributed by atoms with E-state index in [9.17, 15) is 0 Å². The fourth-order valence-electron chi connectivity index (χ4n) is 3.03. The number of rotatable bonds is 9. The van der Waals surface area contributed by atoms with E-state index in [1.165, 1.54) is 47.9 Å². The normalized spacial score (nSPS) is 13.2. The molecule has 0 aliphatic heterocycles. The van der Waals surface area contributed by atoms with Crippen LogP contribution in [0, 0.1) is 12.8 Å². The van der Waals surface area contributed by atoms with E-state index in [0.29, 0.717) is 0 Å². The van der Waals surface area contributed by atoms with Gasteiger partial charge in [-0.25, -0.2) is 0 Å². The molecule has 0 radical (unpaired) electrons. The molecular formula is C20H30S. The Balaban J connectivity index is 3.17. The van der Waals surface area contributed by atoms with Crippen molar-refractivity contribution < 1.29 is 0 Å². The van der Waals surface area contributed by atoms with E-state index in [1.54, 1.807) is 0 Å². The number of benzene rings is 1. The van der Waals surface area contributed by atoms with Crippen LogP contribution in [0.5, 0.6) is 0 Å². The van der Waals surface area contributed by atoms with Crippen molar-refractivity contribution >= 4 is 17.3 Å². The van der Waals surface area contributed by atoms with E-state index >= 15 is 0 Å². The molecule has 0 nitrogen and oxygen atoms in total. The molecule has 1 aromatic rings. The molecule has 1 heteroatoms. The lowest BCUT2D eigenvalue weighted by Crippen LogP contribution is -2.07. The fraction of sp³-hybridized carbons (Fsp3) is 0.500.